The van der Waals surface area contributed by atoms with E-state index in [0.29, 0.717) is 0 Å². The van der Waals surface area contributed by atoms with E-state index in [0.717, 1.165) is 23.0 Å². The van der Waals surface area contributed by atoms with Gasteiger partial charge in [-0.25, -0.2) is 0 Å². The van der Waals surface area contributed by atoms with Crippen LogP contribution in [0.1, 0.15) is 11.3 Å². The molecule has 5 rings (SSSR count). The van der Waals surface area contributed by atoms with Gasteiger partial charge in [-0.05, 0) is 18.2 Å². The normalized spacial score (nSPS) is 12.0. The van der Waals surface area contributed by atoms with Gasteiger partial charge in [-0.2, -0.15) is 0 Å². The molecule has 0 fully saturated rings. The first kappa shape index (κ1) is 10.4. The van der Waals surface area contributed by atoms with E-state index in [1.54, 1.807) is 6.26 Å². The average molecular weight is 248 g/mol. The van der Waals surface area contributed by atoms with Crippen molar-refractivity contribution in [1.29, 1.82) is 0 Å². The third kappa shape index (κ3) is 1.82. The molecule has 0 saturated carbocycles. The van der Waals surface area contributed by atoms with Crippen molar-refractivity contribution in [1.82, 2.24) is 0 Å². The molecule has 2 aromatic carbocycles. The Labute approximate surface area is 110 Å². The number of benzene rings is 2. The molecular formula is C17H12O2. The lowest BCUT2D eigenvalue weighted by Gasteiger charge is -1.86. The summed E-state index contributed by atoms with van der Waals surface area (Å²) >= 11 is 0. The van der Waals surface area contributed by atoms with Gasteiger partial charge in [0, 0.05) is 22.8 Å². The number of furan rings is 2. The molecule has 0 amide bonds. The van der Waals surface area contributed by atoms with E-state index in [9.17, 15) is 0 Å². The topological polar surface area (TPSA) is 26.3 Å². The summed E-state index contributed by atoms with van der Waals surface area (Å²) in [6.07, 6.45) is 2.78. The van der Waals surface area contributed by atoms with E-state index >= 15 is 0 Å². The molecule has 2 heteroatoms. The maximum absolute atomic E-state index is 5.46. The van der Waals surface area contributed by atoms with Gasteiger partial charge in [-0.15, -0.1) is 0 Å². The fourth-order valence-electron chi connectivity index (χ4n) is 2.30. The Bertz CT molecular complexity index is 822. The Morgan fingerprint density at radius 3 is 2.42 bits per heavy atom. The summed E-state index contributed by atoms with van der Waals surface area (Å²) in [7, 11) is 0. The van der Waals surface area contributed by atoms with Crippen molar-refractivity contribution in [2.75, 3.05) is 0 Å². The highest BCUT2D eigenvalue weighted by molar-refractivity contribution is 5.86. The van der Waals surface area contributed by atoms with Crippen LogP contribution in [0.4, 0.5) is 0 Å². The standard InChI is InChI=1S/C9H6O.C8H6O/c1-2-4-8-6(3-1)7-5-9(7)10-8;1-2-4-8-7(3-1)5-6-9-8/h1-4H,5H2;1-6H. The first-order valence-electron chi connectivity index (χ1n) is 6.33. The maximum atomic E-state index is 5.46. The van der Waals surface area contributed by atoms with Crippen LogP contribution in [0.2, 0.25) is 0 Å². The largest absolute Gasteiger partial charge is 0.464 e. The van der Waals surface area contributed by atoms with Gasteiger partial charge in [0.2, 0.25) is 0 Å². The van der Waals surface area contributed by atoms with Gasteiger partial charge < -0.3 is 8.83 Å². The first-order chi connectivity index (χ1) is 9.42. The van der Waals surface area contributed by atoms with Crippen molar-refractivity contribution in [2.45, 2.75) is 6.42 Å². The fraction of sp³-hybridized carbons (Fsp3) is 0.0588. The second-order valence-corrected chi connectivity index (χ2v) is 4.64. The van der Waals surface area contributed by atoms with Crippen LogP contribution in [-0.2, 0) is 6.42 Å². The Morgan fingerprint density at radius 1 is 0.789 bits per heavy atom. The molecule has 0 N–H and O–H groups in total. The lowest BCUT2D eigenvalue weighted by molar-refractivity contribution is 0.597. The van der Waals surface area contributed by atoms with Crippen molar-refractivity contribution in [3.63, 3.8) is 0 Å². The van der Waals surface area contributed by atoms with Crippen molar-refractivity contribution >= 4 is 21.9 Å². The van der Waals surface area contributed by atoms with Crippen molar-refractivity contribution in [3.05, 3.63) is 72.2 Å². The highest BCUT2D eigenvalue weighted by Gasteiger charge is 2.25. The lowest BCUT2D eigenvalue weighted by Crippen LogP contribution is -1.64. The molecule has 1 aliphatic carbocycles. The zero-order valence-corrected chi connectivity index (χ0v) is 10.3. The van der Waals surface area contributed by atoms with Crippen LogP contribution in [-0.4, -0.2) is 0 Å². The highest BCUT2D eigenvalue weighted by atomic mass is 16.3. The van der Waals surface area contributed by atoms with Crippen LogP contribution in [0.5, 0.6) is 0 Å². The Morgan fingerprint density at radius 2 is 1.58 bits per heavy atom. The van der Waals surface area contributed by atoms with Gasteiger partial charge in [-0.3, -0.25) is 0 Å². The molecular weight excluding hydrogens is 236 g/mol. The van der Waals surface area contributed by atoms with Gasteiger partial charge in [0.15, 0.2) is 0 Å². The van der Waals surface area contributed by atoms with Crippen LogP contribution >= 0.6 is 0 Å². The second kappa shape index (κ2) is 4.02. The smallest absolute Gasteiger partial charge is 0.134 e. The highest BCUT2D eigenvalue weighted by Crippen LogP contribution is 2.38. The van der Waals surface area contributed by atoms with E-state index in [1.165, 1.54) is 16.7 Å². The van der Waals surface area contributed by atoms with Gasteiger partial charge in [-0.1, -0.05) is 36.4 Å². The van der Waals surface area contributed by atoms with Crippen LogP contribution < -0.4 is 0 Å². The number of hydrogen-bond donors (Lipinski definition) is 0. The van der Waals surface area contributed by atoms with E-state index in [-0.39, 0.29) is 0 Å². The average Bonchev–Trinajstić information content (AvgIpc) is 2.93. The van der Waals surface area contributed by atoms with Crippen molar-refractivity contribution < 1.29 is 8.83 Å². The van der Waals surface area contributed by atoms with Crippen molar-refractivity contribution in [2.24, 2.45) is 0 Å². The number of para-hydroxylation sites is 2. The second-order valence-electron chi connectivity index (χ2n) is 4.64. The van der Waals surface area contributed by atoms with E-state index < -0.39 is 0 Å². The summed E-state index contributed by atoms with van der Waals surface area (Å²) in [5.41, 5.74) is 3.41. The molecule has 0 bridgehead atoms. The molecule has 0 atom stereocenters. The Balaban J connectivity index is 0.000000103. The molecule has 0 radical (unpaired) electrons. The molecule has 2 nitrogen and oxygen atoms in total. The van der Waals surface area contributed by atoms with Gasteiger partial charge >= 0.3 is 0 Å². The quantitative estimate of drug-likeness (QED) is 0.394. The Hall–Kier alpha value is -2.48. The monoisotopic (exact) mass is 248 g/mol. The molecule has 0 saturated heterocycles. The summed E-state index contributed by atoms with van der Waals surface area (Å²) in [6.45, 7) is 0. The van der Waals surface area contributed by atoms with Crippen LogP contribution in [0.25, 0.3) is 21.9 Å². The minimum atomic E-state index is 0.956. The molecule has 92 valence electrons. The minimum absolute atomic E-state index is 0.956. The van der Waals surface area contributed by atoms with Crippen molar-refractivity contribution in [3.8, 4) is 0 Å². The van der Waals surface area contributed by atoms with E-state index in [2.05, 4.69) is 12.1 Å². The predicted octanol–water partition coefficient (Wildman–Crippen LogP) is 4.77. The van der Waals surface area contributed by atoms with Crippen LogP contribution in [0, 0.1) is 0 Å². The van der Waals surface area contributed by atoms with E-state index in [1.807, 2.05) is 42.5 Å². The Kier molecular flexibility index (Phi) is 2.21. The summed E-state index contributed by atoms with van der Waals surface area (Å²) in [5.74, 6) is 1.18. The third-order valence-electron chi connectivity index (χ3n) is 3.36. The molecule has 2 heterocycles. The number of rotatable bonds is 0. The summed E-state index contributed by atoms with van der Waals surface area (Å²) in [5, 5.41) is 2.47. The third-order valence-corrected chi connectivity index (χ3v) is 3.36. The van der Waals surface area contributed by atoms with Gasteiger partial charge in [0.05, 0.1) is 6.26 Å². The zero-order valence-electron chi connectivity index (χ0n) is 10.3. The number of hydrogen-bond acceptors (Lipinski definition) is 2. The van der Waals surface area contributed by atoms with Gasteiger partial charge in [0.25, 0.3) is 0 Å². The zero-order chi connectivity index (χ0) is 12.7. The van der Waals surface area contributed by atoms with Gasteiger partial charge in [0.1, 0.15) is 16.9 Å². The summed E-state index contributed by atoms with van der Waals surface area (Å²) < 4.78 is 10.6. The fourth-order valence-corrected chi connectivity index (χ4v) is 2.30. The molecule has 2 aromatic heterocycles. The number of fused-ring (bicyclic) bond motifs is 4. The molecule has 4 aromatic rings. The van der Waals surface area contributed by atoms with E-state index in [4.69, 9.17) is 8.83 Å². The molecule has 19 heavy (non-hydrogen) atoms. The van der Waals surface area contributed by atoms with Crippen LogP contribution in [0.15, 0.2) is 69.7 Å². The van der Waals surface area contributed by atoms with Crippen LogP contribution in [0.3, 0.4) is 0 Å². The summed E-state index contributed by atoms with van der Waals surface area (Å²) in [4.78, 5) is 0. The molecule has 0 unspecified atom stereocenters. The summed E-state index contributed by atoms with van der Waals surface area (Å²) in [6, 6.07) is 18.1. The molecule has 0 aliphatic heterocycles. The molecule has 0 spiro atoms. The maximum Gasteiger partial charge on any atom is 0.134 e. The SMILES string of the molecule is c1ccc2c3c(oc2c1)C3.c1ccc2occc2c1. The molecule has 1 aliphatic rings. The minimum Gasteiger partial charge on any atom is -0.464 e. The lowest BCUT2D eigenvalue weighted by atomic mass is 10.2. The first-order valence-corrected chi connectivity index (χ1v) is 6.33. The predicted molar refractivity (Wildman–Crippen MR) is 75.2 cm³/mol.